The molecule has 3 rings (SSSR count). The molecule has 0 aliphatic rings. The highest BCUT2D eigenvalue weighted by Crippen LogP contribution is 2.27. The SMILES string of the molecule is CCC(c1nc2ccccc2c(=O)n1-c1ccc(C)c(C)c1)N(CCN(C)C)C(=O)NC(C)(C)C. The lowest BCUT2D eigenvalue weighted by molar-refractivity contribution is 0.153. The molecule has 0 radical (unpaired) electrons. The molecule has 1 atom stereocenters. The number of carbonyl (C=O) groups is 1. The first kappa shape index (κ1) is 26.4. The maximum Gasteiger partial charge on any atom is 0.318 e. The Hall–Kier alpha value is -3.19. The van der Waals surface area contributed by atoms with Crippen molar-refractivity contribution in [3.8, 4) is 5.69 Å². The zero-order chi connectivity index (χ0) is 25.9. The van der Waals surface area contributed by atoms with Gasteiger partial charge in [0.25, 0.3) is 5.56 Å². The third kappa shape index (κ3) is 6.09. The molecule has 0 aliphatic heterocycles. The van der Waals surface area contributed by atoms with E-state index in [9.17, 15) is 9.59 Å². The standard InChI is InChI=1S/C28H39N5O2/c1-9-24(32(17-16-31(7)8)27(35)30-28(4,5)6)25-29-23-13-11-10-12-22(23)26(34)33(25)21-15-14-19(2)20(3)18-21/h10-15,18,24H,9,16-17H2,1-8H3,(H,30,35). The van der Waals surface area contributed by atoms with Crippen LogP contribution in [-0.2, 0) is 0 Å². The molecule has 0 fully saturated rings. The molecular weight excluding hydrogens is 438 g/mol. The zero-order valence-electron chi connectivity index (χ0n) is 22.3. The van der Waals surface area contributed by atoms with Crippen molar-refractivity contribution in [2.75, 3.05) is 27.2 Å². The van der Waals surface area contributed by atoms with Gasteiger partial charge in [0.15, 0.2) is 0 Å². The van der Waals surface area contributed by atoms with Crippen molar-refractivity contribution in [3.05, 3.63) is 69.8 Å². The molecule has 0 aliphatic carbocycles. The van der Waals surface area contributed by atoms with Crippen molar-refractivity contribution in [1.29, 1.82) is 0 Å². The number of nitrogens with one attached hydrogen (secondary N) is 1. The minimum atomic E-state index is -0.393. The Morgan fingerprint density at radius 2 is 1.74 bits per heavy atom. The van der Waals surface area contributed by atoms with Crippen LogP contribution in [0.3, 0.4) is 0 Å². The summed E-state index contributed by atoms with van der Waals surface area (Å²) in [5.41, 5.74) is 3.12. The summed E-state index contributed by atoms with van der Waals surface area (Å²) in [5.74, 6) is 0.572. The maximum atomic E-state index is 13.8. The number of aromatic nitrogens is 2. The van der Waals surface area contributed by atoms with Gasteiger partial charge in [-0.2, -0.15) is 0 Å². The van der Waals surface area contributed by atoms with E-state index in [0.717, 1.165) is 16.8 Å². The Labute approximate surface area is 208 Å². The van der Waals surface area contributed by atoms with Gasteiger partial charge in [-0.3, -0.25) is 9.36 Å². The number of benzene rings is 2. The first-order valence-electron chi connectivity index (χ1n) is 12.3. The molecule has 1 aromatic heterocycles. The fourth-order valence-corrected chi connectivity index (χ4v) is 4.13. The normalized spacial score (nSPS) is 12.7. The monoisotopic (exact) mass is 477 g/mol. The first-order valence-corrected chi connectivity index (χ1v) is 12.3. The van der Waals surface area contributed by atoms with Crippen LogP contribution in [0.2, 0.25) is 0 Å². The minimum absolute atomic E-state index is 0.129. The van der Waals surface area contributed by atoms with E-state index in [1.807, 2.05) is 101 Å². The first-order chi connectivity index (χ1) is 16.4. The summed E-state index contributed by atoms with van der Waals surface area (Å²) in [5, 5.41) is 3.67. The van der Waals surface area contributed by atoms with Crippen LogP contribution in [0, 0.1) is 13.8 Å². The largest absolute Gasteiger partial charge is 0.333 e. The second-order valence-corrected chi connectivity index (χ2v) is 10.5. The van der Waals surface area contributed by atoms with Gasteiger partial charge in [0.1, 0.15) is 5.82 Å². The molecule has 0 spiro atoms. The van der Waals surface area contributed by atoms with E-state index in [1.165, 1.54) is 0 Å². The summed E-state index contributed by atoms with van der Waals surface area (Å²) < 4.78 is 1.69. The lowest BCUT2D eigenvalue weighted by Crippen LogP contribution is -2.51. The summed E-state index contributed by atoms with van der Waals surface area (Å²) >= 11 is 0. The second kappa shape index (κ2) is 10.6. The average molecular weight is 478 g/mol. The maximum absolute atomic E-state index is 13.8. The molecular formula is C28H39N5O2. The molecule has 2 aromatic carbocycles. The Morgan fingerprint density at radius 1 is 1.06 bits per heavy atom. The zero-order valence-corrected chi connectivity index (χ0v) is 22.3. The topological polar surface area (TPSA) is 70.5 Å². The fraction of sp³-hybridized carbons (Fsp3) is 0.464. The molecule has 1 unspecified atom stereocenters. The van der Waals surface area contributed by atoms with E-state index in [0.29, 0.717) is 36.2 Å². The summed E-state index contributed by atoms with van der Waals surface area (Å²) in [6, 6.07) is 12.8. The molecule has 188 valence electrons. The third-order valence-corrected chi connectivity index (χ3v) is 6.14. The van der Waals surface area contributed by atoms with Crippen LogP contribution in [0.25, 0.3) is 16.6 Å². The number of fused-ring (bicyclic) bond motifs is 1. The van der Waals surface area contributed by atoms with E-state index in [4.69, 9.17) is 4.98 Å². The number of rotatable bonds is 7. The van der Waals surface area contributed by atoms with Crippen LogP contribution in [-0.4, -0.2) is 58.1 Å². The van der Waals surface area contributed by atoms with Crippen LogP contribution in [0.1, 0.15) is 57.1 Å². The number of hydrogen-bond acceptors (Lipinski definition) is 4. The number of amides is 2. The van der Waals surface area contributed by atoms with Crippen molar-refractivity contribution in [1.82, 2.24) is 24.7 Å². The molecule has 2 amide bonds. The minimum Gasteiger partial charge on any atom is -0.333 e. The number of para-hydroxylation sites is 1. The van der Waals surface area contributed by atoms with Gasteiger partial charge in [-0.1, -0.05) is 25.1 Å². The second-order valence-electron chi connectivity index (χ2n) is 10.5. The smallest absolute Gasteiger partial charge is 0.318 e. The van der Waals surface area contributed by atoms with E-state index < -0.39 is 11.6 Å². The van der Waals surface area contributed by atoms with E-state index >= 15 is 0 Å². The summed E-state index contributed by atoms with van der Waals surface area (Å²) in [7, 11) is 3.97. The van der Waals surface area contributed by atoms with Crippen molar-refractivity contribution < 1.29 is 4.79 Å². The van der Waals surface area contributed by atoms with Crippen LogP contribution >= 0.6 is 0 Å². The van der Waals surface area contributed by atoms with Gasteiger partial charge in [0.2, 0.25) is 0 Å². The number of aryl methyl sites for hydroxylation is 2. The molecule has 3 aromatic rings. The van der Waals surface area contributed by atoms with Gasteiger partial charge in [0, 0.05) is 18.6 Å². The molecule has 0 bridgehead atoms. The summed E-state index contributed by atoms with van der Waals surface area (Å²) in [6.45, 7) is 13.2. The van der Waals surface area contributed by atoms with Crippen LogP contribution in [0.15, 0.2) is 47.3 Å². The molecule has 0 saturated carbocycles. The Morgan fingerprint density at radius 3 is 2.34 bits per heavy atom. The Bertz CT molecular complexity index is 1260. The fourth-order valence-electron chi connectivity index (χ4n) is 4.13. The summed E-state index contributed by atoms with van der Waals surface area (Å²) in [4.78, 5) is 36.2. The molecule has 7 heteroatoms. The Balaban J connectivity index is 2.27. The highest BCUT2D eigenvalue weighted by Gasteiger charge is 2.30. The van der Waals surface area contributed by atoms with Crippen molar-refractivity contribution in [2.24, 2.45) is 0 Å². The quantitative estimate of drug-likeness (QED) is 0.529. The third-order valence-electron chi connectivity index (χ3n) is 6.14. The number of hydrogen-bond donors (Lipinski definition) is 1. The van der Waals surface area contributed by atoms with Gasteiger partial charge >= 0.3 is 6.03 Å². The molecule has 1 heterocycles. The lowest BCUT2D eigenvalue weighted by Gasteiger charge is -2.35. The van der Waals surface area contributed by atoms with E-state index in [2.05, 4.69) is 12.2 Å². The van der Waals surface area contributed by atoms with Crippen LogP contribution in [0.4, 0.5) is 4.79 Å². The molecule has 1 N–H and O–H groups in total. The molecule has 35 heavy (non-hydrogen) atoms. The molecule has 7 nitrogen and oxygen atoms in total. The number of urea groups is 1. The number of nitrogens with zero attached hydrogens (tertiary/aromatic N) is 4. The Kier molecular flexibility index (Phi) is 8.00. The van der Waals surface area contributed by atoms with Gasteiger partial charge in [0.05, 0.1) is 22.6 Å². The average Bonchev–Trinajstić information content (AvgIpc) is 2.77. The van der Waals surface area contributed by atoms with Gasteiger partial charge in [-0.05, 0) is 90.5 Å². The molecule has 0 saturated heterocycles. The van der Waals surface area contributed by atoms with Crippen molar-refractivity contribution in [3.63, 3.8) is 0 Å². The lowest BCUT2D eigenvalue weighted by atomic mass is 10.1. The van der Waals surface area contributed by atoms with Crippen molar-refractivity contribution >= 4 is 16.9 Å². The predicted octanol–water partition coefficient (Wildman–Crippen LogP) is 4.83. The van der Waals surface area contributed by atoms with Crippen LogP contribution in [0.5, 0.6) is 0 Å². The van der Waals surface area contributed by atoms with Gasteiger partial charge < -0.3 is 15.1 Å². The van der Waals surface area contributed by atoms with Gasteiger partial charge in [-0.15, -0.1) is 0 Å². The van der Waals surface area contributed by atoms with Crippen LogP contribution < -0.4 is 10.9 Å². The van der Waals surface area contributed by atoms with E-state index in [1.54, 1.807) is 4.57 Å². The summed E-state index contributed by atoms with van der Waals surface area (Å²) in [6.07, 6.45) is 0.612. The predicted molar refractivity (Wildman–Crippen MR) is 143 cm³/mol. The van der Waals surface area contributed by atoms with Crippen molar-refractivity contribution in [2.45, 2.75) is 59.5 Å². The highest BCUT2D eigenvalue weighted by atomic mass is 16.2. The van der Waals surface area contributed by atoms with E-state index in [-0.39, 0.29) is 11.6 Å². The van der Waals surface area contributed by atoms with Gasteiger partial charge in [-0.25, -0.2) is 9.78 Å². The highest BCUT2D eigenvalue weighted by molar-refractivity contribution is 5.78. The number of likely N-dealkylation sites (N-methyl/N-ethyl adjacent to an activating group) is 1. The number of carbonyl (C=O) groups excluding carboxylic acids is 1.